The zero-order valence-electron chi connectivity index (χ0n) is 10.1. The average Bonchev–Trinajstić information content (AvgIpc) is 2.13. The van der Waals surface area contributed by atoms with Crippen LogP contribution >= 0.6 is 0 Å². The van der Waals surface area contributed by atoms with Gasteiger partial charge in [-0.15, -0.1) is 0 Å². The normalized spacial score (nSPS) is 19.0. The van der Waals surface area contributed by atoms with Crippen LogP contribution in [0.3, 0.4) is 0 Å². The highest BCUT2D eigenvalue weighted by Gasteiger charge is 2.40. The number of rotatable bonds is 0. The number of Topliss-reactive ketones (excluding diaryl/α,β-unsaturated/α-hetero) is 1. The van der Waals surface area contributed by atoms with Crippen molar-refractivity contribution in [2.24, 2.45) is 0 Å². The van der Waals surface area contributed by atoms with Crippen LogP contribution in [-0.2, 0) is 10.0 Å². The van der Waals surface area contributed by atoms with Gasteiger partial charge in [0.05, 0.1) is 5.69 Å². The monoisotopic (exact) mass is 253 g/mol. The molecule has 0 atom stereocenters. The number of nitrogens with zero attached hydrogens (tertiary/aromatic N) is 1. The van der Waals surface area contributed by atoms with Crippen LogP contribution in [0.15, 0.2) is 24.3 Å². The van der Waals surface area contributed by atoms with Gasteiger partial charge >= 0.3 is 0 Å². The molecule has 4 nitrogen and oxygen atoms in total. The summed E-state index contributed by atoms with van der Waals surface area (Å²) in [4.78, 5) is 11.8. The molecule has 0 saturated carbocycles. The van der Waals surface area contributed by atoms with E-state index in [0.29, 0.717) is 11.3 Å². The number of carbonyl (C=O) groups is 1. The van der Waals surface area contributed by atoms with Gasteiger partial charge in [0.1, 0.15) is 5.75 Å². The van der Waals surface area contributed by atoms with E-state index < -0.39 is 21.3 Å². The number of hydrogen-bond acceptors (Lipinski definition) is 3. The van der Waals surface area contributed by atoms with Crippen LogP contribution in [0.25, 0.3) is 0 Å². The number of hydrogen-bond donors (Lipinski definition) is 0. The van der Waals surface area contributed by atoms with Gasteiger partial charge in [0.15, 0.2) is 5.78 Å². The fourth-order valence-electron chi connectivity index (χ4n) is 2.12. The molecule has 0 fully saturated rings. The molecule has 0 saturated heterocycles. The molecule has 0 radical (unpaired) electrons. The van der Waals surface area contributed by atoms with Crippen molar-refractivity contribution in [1.82, 2.24) is 0 Å². The molecule has 1 aliphatic rings. The third-order valence-corrected chi connectivity index (χ3v) is 4.55. The quantitative estimate of drug-likeness (QED) is 0.708. The van der Waals surface area contributed by atoms with Crippen LogP contribution in [0, 0.1) is 0 Å². The second kappa shape index (κ2) is 3.57. The fraction of sp³-hybridized carbons (Fsp3) is 0.417. The average molecular weight is 253 g/mol. The predicted molar refractivity (Wildman–Crippen MR) is 66.8 cm³/mol. The molecule has 0 spiro atoms. The Balaban J connectivity index is 2.73. The largest absolute Gasteiger partial charge is 0.293 e. The molecular formula is C12H15NO3S. The van der Waals surface area contributed by atoms with Crippen molar-refractivity contribution in [2.45, 2.75) is 26.3 Å². The summed E-state index contributed by atoms with van der Waals surface area (Å²) in [5.74, 6) is -0.775. The Morgan fingerprint density at radius 1 is 1.18 bits per heavy atom. The summed E-state index contributed by atoms with van der Waals surface area (Å²) >= 11 is 0. The summed E-state index contributed by atoms with van der Waals surface area (Å²) in [7, 11) is -3.56. The third kappa shape index (κ3) is 1.95. The number of para-hydroxylation sites is 1. The van der Waals surface area contributed by atoms with E-state index in [4.69, 9.17) is 0 Å². The van der Waals surface area contributed by atoms with Crippen molar-refractivity contribution in [1.29, 1.82) is 0 Å². The molecule has 0 bridgehead atoms. The lowest BCUT2D eigenvalue weighted by Crippen LogP contribution is -2.51. The van der Waals surface area contributed by atoms with Crippen molar-refractivity contribution in [3.8, 4) is 0 Å². The van der Waals surface area contributed by atoms with Crippen molar-refractivity contribution < 1.29 is 13.2 Å². The van der Waals surface area contributed by atoms with E-state index in [1.54, 1.807) is 24.3 Å². The van der Waals surface area contributed by atoms with Gasteiger partial charge in [-0.05, 0) is 32.9 Å². The Hall–Kier alpha value is -1.36. The lowest BCUT2D eigenvalue weighted by Gasteiger charge is -2.39. The molecule has 1 aromatic carbocycles. The van der Waals surface area contributed by atoms with Crippen molar-refractivity contribution in [2.75, 3.05) is 10.1 Å². The standard InChI is InChI=1S/C12H15NO3S/c1-12(2,3)13-10-7-5-4-6-9(10)11(14)8-17(13,15)16/h4-7H,8H2,1-3H3. The predicted octanol–water partition coefficient (Wildman–Crippen LogP) is 1.82. The van der Waals surface area contributed by atoms with Crippen molar-refractivity contribution in [3.63, 3.8) is 0 Å². The van der Waals surface area contributed by atoms with Crippen LogP contribution in [0.2, 0.25) is 0 Å². The van der Waals surface area contributed by atoms with Gasteiger partial charge in [-0.3, -0.25) is 9.10 Å². The SMILES string of the molecule is CC(C)(C)N1c2ccccc2C(=O)CS1(=O)=O. The highest BCUT2D eigenvalue weighted by Crippen LogP contribution is 2.34. The summed E-state index contributed by atoms with van der Waals surface area (Å²) in [6, 6.07) is 6.83. The highest BCUT2D eigenvalue weighted by molar-refractivity contribution is 7.93. The number of fused-ring (bicyclic) bond motifs is 1. The molecule has 1 aliphatic heterocycles. The maximum Gasteiger partial charge on any atom is 0.243 e. The van der Waals surface area contributed by atoms with E-state index in [2.05, 4.69) is 0 Å². The minimum absolute atomic E-state index is 0.332. The Bertz CT molecular complexity index is 570. The minimum atomic E-state index is -3.56. The lowest BCUT2D eigenvalue weighted by atomic mass is 10.0. The van der Waals surface area contributed by atoms with Gasteiger partial charge in [-0.1, -0.05) is 12.1 Å². The summed E-state index contributed by atoms with van der Waals surface area (Å²) in [6.07, 6.45) is 0. The Morgan fingerprint density at radius 2 is 1.76 bits per heavy atom. The van der Waals surface area contributed by atoms with E-state index in [0.717, 1.165) is 0 Å². The number of sulfonamides is 1. The Morgan fingerprint density at radius 3 is 2.35 bits per heavy atom. The number of carbonyl (C=O) groups excluding carboxylic acids is 1. The van der Waals surface area contributed by atoms with Gasteiger partial charge in [0.25, 0.3) is 0 Å². The first-order valence-corrected chi connectivity index (χ1v) is 7.00. The fourth-order valence-corrected chi connectivity index (χ4v) is 4.03. The molecular weight excluding hydrogens is 238 g/mol. The summed E-state index contributed by atoms with van der Waals surface area (Å²) < 4.78 is 25.6. The molecule has 92 valence electrons. The highest BCUT2D eigenvalue weighted by atomic mass is 32.2. The molecule has 0 amide bonds. The van der Waals surface area contributed by atoms with Gasteiger partial charge in [-0.25, -0.2) is 8.42 Å². The Kier molecular flexibility index (Phi) is 2.54. The number of anilines is 1. The molecule has 1 aromatic rings. The van der Waals surface area contributed by atoms with E-state index >= 15 is 0 Å². The first-order chi connectivity index (χ1) is 7.73. The lowest BCUT2D eigenvalue weighted by molar-refractivity contribution is 0.101. The number of ketones is 1. The van der Waals surface area contributed by atoms with Crippen LogP contribution in [0.4, 0.5) is 5.69 Å². The molecule has 0 unspecified atom stereocenters. The van der Waals surface area contributed by atoms with Crippen LogP contribution in [0.1, 0.15) is 31.1 Å². The van der Waals surface area contributed by atoms with Crippen molar-refractivity contribution in [3.05, 3.63) is 29.8 Å². The molecule has 2 rings (SSSR count). The smallest absolute Gasteiger partial charge is 0.243 e. The summed E-state index contributed by atoms with van der Waals surface area (Å²) in [6.45, 7) is 5.45. The topological polar surface area (TPSA) is 54.5 Å². The third-order valence-electron chi connectivity index (χ3n) is 2.62. The van der Waals surface area contributed by atoms with Crippen LogP contribution in [0.5, 0.6) is 0 Å². The maximum atomic E-state index is 12.1. The van der Waals surface area contributed by atoms with E-state index in [1.807, 2.05) is 20.8 Å². The second-order valence-corrected chi connectivity index (χ2v) is 6.95. The van der Waals surface area contributed by atoms with E-state index in [9.17, 15) is 13.2 Å². The summed E-state index contributed by atoms with van der Waals surface area (Å²) in [5, 5.41) is 0. The first-order valence-electron chi connectivity index (χ1n) is 5.39. The molecule has 0 N–H and O–H groups in total. The van der Waals surface area contributed by atoms with Crippen LogP contribution < -0.4 is 4.31 Å². The van der Waals surface area contributed by atoms with Gasteiger partial charge in [0.2, 0.25) is 10.0 Å². The van der Waals surface area contributed by atoms with Crippen LogP contribution in [-0.4, -0.2) is 25.5 Å². The zero-order valence-corrected chi connectivity index (χ0v) is 10.9. The summed E-state index contributed by atoms with van der Waals surface area (Å²) in [5.41, 5.74) is 0.392. The number of benzene rings is 1. The van der Waals surface area contributed by atoms with Gasteiger partial charge < -0.3 is 0 Å². The first kappa shape index (κ1) is 12.1. The zero-order chi connectivity index (χ0) is 12.8. The van der Waals surface area contributed by atoms with Gasteiger partial charge in [0, 0.05) is 11.1 Å². The van der Waals surface area contributed by atoms with E-state index in [-0.39, 0.29) is 5.78 Å². The Labute approximate surface area is 101 Å². The maximum absolute atomic E-state index is 12.1. The molecule has 0 aromatic heterocycles. The molecule has 1 heterocycles. The van der Waals surface area contributed by atoms with Gasteiger partial charge in [-0.2, -0.15) is 0 Å². The second-order valence-electron chi connectivity index (χ2n) is 5.13. The van der Waals surface area contributed by atoms with E-state index in [1.165, 1.54) is 4.31 Å². The van der Waals surface area contributed by atoms with Crippen molar-refractivity contribution >= 4 is 21.5 Å². The molecule has 17 heavy (non-hydrogen) atoms. The molecule has 0 aliphatic carbocycles. The minimum Gasteiger partial charge on any atom is -0.293 e. The molecule has 5 heteroatoms.